The van der Waals surface area contributed by atoms with E-state index in [9.17, 15) is 4.79 Å². The van der Waals surface area contributed by atoms with Crippen LogP contribution in [-0.2, 0) is 6.54 Å². The molecule has 2 rings (SSSR count). The van der Waals surface area contributed by atoms with E-state index >= 15 is 0 Å². The standard InChI is InChI=1S/C15H27N5O/c1-13-6-4-5-8-19(12-13)15(21)16-14-7-9-20(17-14)11-10-18(2)3/h7,9,13H,4-6,8,10-12H2,1-3H3,(H,16,17,21). The number of likely N-dealkylation sites (N-methyl/N-ethyl adjacent to an activating group) is 1. The number of aromatic nitrogens is 2. The average molecular weight is 293 g/mol. The van der Waals surface area contributed by atoms with Gasteiger partial charge in [-0.3, -0.25) is 10.00 Å². The minimum atomic E-state index is -0.0263. The average Bonchev–Trinajstić information content (AvgIpc) is 2.75. The Morgan fingerprint density at radius 2 is 2.29 bits per heavy atom. The first-order valence-corrected chi connectivity index (χ1v) is 7.78. The Balaban J connectivity index is 1.87. The Bertz CT molecular complexity index is 457. The Hall–Kier alpha value is -1.56. The Morgan fingerprint density at radius 3 is 3.05 bits per heavy atom. The molecule has 1 aromatic heterocycles. The molecule has 0 spiro atoms. The Kier molecular flexibility index (Phi) is 5.61. The topological polar surface area (TPSA) is 53.4 Å². The number of nitrogens with one attached hydrogen (secondary N) is 1. The van der Waals surface area contributed by atoms with Crippen LogP contribution in [0, 0.1) is 5.92 Å². The van der Waals surface area contributed by atoms with Gasteiger partial charge in [0.25, 0.3) is 0 Å². The molecule has 118 valence electrons. The molecule has 1 atom stereocenters. The quantitative estimate of drug-likeness (QED) is 0.925. The van der Waals surface area contributed by atoms with Crippen LogP contribution in [-0.4, -0.2) is 59.3 Å². The smallest absolute Gasteiger partial charge is 0.323 e. The second-order valence-electron chi connectivity index (χ2n) is 6.24. The van der Waals surface area contributed by atoms with E-state index in [0.29, 0.717) is 11.7 Å². The molecule has 1 fully saturated rings. The van der Waals surface area contributed by atoms with E-state index in [2.05, 4.69) is 22.2 Å². The van der Waals surface area contributed by atoms with E-state index in [0.717, 1.165) is 32.6 Å². The lowest BCUT2D eigenvalue weighted by molar-refractivity contribution is 0.207. The van der Waals surface area contributed by atoms with Gasteiger partial charge >= 0.3 is 6.03 Å². The van der Waals surface area contributed by atoms with Gasteiger partial charge in [0.15, 0.2) is 5.82 Å². The lowest BCUT2D eigenvalue weighted by Gasteiger charge is -2.22. The first kappa shape index (κ1) is 15.8. The van der Waals surface area contributed by atoms with Crippen molar-refractivity contribution >= 4 is 11.8 Å². The molecule has 1 N–H and O–H groups in total. The molecular formula is C15H27N5O. The molecule has 6 nitrogen and oxygen atoms in total. The van der Waals surface area contributed by atoms with E-state index < -0.39 is 0 Å². The van der Waals surface area contributed by atoms with Gasteiger partial charge in [-0.2, -0.15) is 5.10 Å². The molecule has 21 heavy (non-hydrogen) atoms. The van der Waals surface area contributed by atoms with E-state index in [4.69, 9.17) is 0 Å². The molecule has 0 bridgehead atoms. The highest BCUT2D eigenvalue weighted by molar-refractivity contribution is 5.88. The summed E-state index contributed by atoms with van der Waals surface area (Å²) in [7, 11) is 4.07. The van der Waals surface area contributed by atoms with Gasteiger partial charge in [0, 0.05) is 31.9 Å². The largest absolute Gasteiger partial charge is 0.324 e. The highest BCUT2D eigenvalue weighted by atomic mass is 16.2. The number of nitrogens with zero attached hydrogens (tertiary/aromatic N) is 4. The molecule has 2 heterocycles. The summed E-state index contributed by atoms with van der Waals surface area (Å²) in [6.07, 6.45) is 5.42. The molecule has 1 aromatic rings. The Morgan fingerprint density at radius 1 is 1.48 bits per heavy atom. The van der Waals surface area contributed by atoms with Gasteiger partial charge in [-0.25, -0.2) is 4.79 Å². The molecular weight excluding hydrogens is 266 g/mol. The molecule has 2 amide bonds. The van der Waals surface area contributed by atoms with Crippen LogP contribution in [0.15, 0.2) is 12.3 Å². The van der Waals surface area contributed by atoms with Crippen LogP contribution in [0.25, 0.3) is 0 Å². The fourth-order valence-electron chi connectivity index (χ4n) is 2.58. The molecule has 0 aliphatic carbocycles. The SMILES string of the molecule is CC1CCCCN(C(=O)Nc2ccn(CCN(C)C)n2)C1. The Labute approximate surface area is 127 Å². The van der Waals surface area contributed by atoms with Gasteiger partial charge in [0.05, 0.1) is 6.54 Å². The number of likely N-dealkylation sites (tertiary alicyclic amines) is 1. The zero-order valence-electron chi connectivity index (χ0n) is 13.4. The number of hydrogen-bond acceptors (Lipinski definition) is 3. The number of rotatable bonds is 4. The summed E-state index contributed by atoms with van der Waals surface area (Å²) in [5.74, 6) is 1.21. The van der Waals surface area contributed by atoms with Crippen LogP contribution in [0.1, 0.15) is 26.2 Å². The van der Waals surface area contributed by atoms with Crippen molar-refractivity contribution in [1.82, 2.24) is 19.6 Å². The second kappa shape index (κ2) is 7.45. The van der Waals surface area contributed by atoms with Gasteiger partial charge in [0.1, 0.15) is 0 Å². The minimum absolute atomic E-state index is 0.0263. The fraction of sp³-hybridized carbons (Fsp3) is 0.733. The summed E-state index contributed by atoms with van der Waals surface area (Å²) in [4.78, 5) is 16.3. The molecule has 1 unspecified atom stereocenters. The number of hydrogen-bond donors (Lipinski definition) is 1. The van der Waals surface area contributed by atoms with Gasteiger partial charge < -0.3 is 9.80 Å². The summed E-state index contributed by atoms with van der Waals surface area (Å²) < 4.78 is 1.86. The van der Waals surface area contributed by atoms with Crippen molar-refractivity contribution in [3.63, 3.8) is 0 Å². The number of urea groups is 1. The van der Waals surface area contributed by atoms with Crippen LogP contribution < -0.4 is 5.32 Å². The monoisotopic (exact) mass is 293 g/mol. The van der Waals surface area contributed by atoms with E-state index in [1.807, 2.05) is 35.9 Å². The molecule has 0 aromatic carbocycles. The normalized spacial score (nSPS) is 19.6. The maximum absolute atomic E-state index is 12.3. The third-order valence-electron chi connectivity index (χ3n) is 3.85. The van der Waals surface area contributed by atoms with Crippen LogP contribution >= 0.6 is 0 Å². The molecule has 0 saturated carbocycles. The number of carbonyl (C=O) groups is 1. The van der Waals surface area contributed by atoms with Gasteiger partial charge in [-0.1, -0.05) is 13.3 Å². The van der Waals surface area contributed by atoms with Crippen LogP contribution in [0.4, 0.5) is 10.6 Å². The van der Waals surface area contributed by atoms with Crippen LogP contribution in [0.5, 0.6) is 0 Å². The summed E-state index contributed by atoms with van der Waals surface area (Å²) in [6.45, 7) is 5.65. The van der Waals surface area contributed by atoms with Gasteiger partial charge in [0.2, 0.25) is 0 Å². The van der Waals surface area contributed by atoms with Crippen molar-refractivity contribution in [1.29, 1.82) is 0 Å². The summed E-state index contributed by atoms with van der Waals surface area (Å²) in [6, 6.07) is 1.83. The second-order valence-corrected chi connectivity index (χ2v) is 6.24. The van der Waals surface area contributed by atoms with Gasteiger partial charge in [-0.15, -0.1) is 0 Å². The minimum Gasteiger partial charge on any atom is -0.324 e. The maximum atomic E-state index is 12.3. The van der Waals surface area contributed by atoms with Crippen molar-refractivity contribution in [2.24, 2.45) is 5.92 Å². The zero-order chi connectivity index (χ0) is 15.2. The molecule has 1 saturated heterocycles. The molecule has 1 aliphatic rings. The molecule has 6 heteroatoms. The fourth-order valence-corrected chi connectivity index (χ4v) is 2.58. The predicted octanol–water partition coefficient (Wildman–Crippen LogP) is 2.10. The van der Waals surface area contributed by atoms with Gasteiger partial charge in [-0.05, 0) is 32.9 Å². The summed E-state index contributed by atoms with van der Waals surface area (Å²) in [5, 5.41) is 7.30. The number of carbonyl (C=O) groups excluding carboxylic acids is 1. The number of amides is 2. The first-order valence-electron chi connectivity index (χ1n) is 7.78. The first-order chi connectivity index (χ1) is 10.0. The van der Waals surface area contributed by atoms with E-state index in [-0.39, 0.29) is 6.03 Å². The van der Waals surface area contributed by atoms with E-state index in [1.54, 1.807) is 0 Å². The maximum Gasteiger partial charge on any atom is 0.323 e. The highest BCUT2D eigenvalue weighted by Crippen LogP contribution is 2.16. The number of anilines is 1. The molecule has 1 aliphatic heterocycles. The van der Waals surface area contributed by atoms with Crippen molar-refractivity contribution in [3.05, 3.63) is 12.3 Å². The summed E-state index contributed by atoms with van der Waals surface area (Å²) >= 11 is 0. The predicted molar refractivity (Wildman–Crippen MR) is 84.4 cm³/mol. The lowest BCUT2D eigenvalue weighted by atomic mass is 10.1. The summed E-state index contributed by atoms with van der Waals surface area (Å²) in [5.41, 5.74) is 0. The van der Waals surface area contributed by atoms with Crippen molar-refractivity contribution in [2.45, 2.75) is 32.7 Å². The van der Waals surface area contributed by atoms with Crippen LogP contribution in [0.2, 0.25) is 0 Å². The van der Waals surface area contributed by atoms with Crippen LogP contribution in [0.3, 0.4) is 0 Å². The highest BCUT2D eigenvalue weighted by Gasteiger charge is 2.19. The van der Waals surface area contributed by atoms with E-state index in [1.165, 1.54) is 12.8 Å². The van der Waals surface area contributed by atoms with Crippen molar-refractivity contribution < 1.29 is 4.79 Å². The third kappa shape index (κ3) is 5.04. The van der Waals surface area contributed by atoms with Crippen molar-refractivity contribution in [2.75, 3.05) is 39.0 Å². The lowest BCUT2D eigenvalue weighted by Crippen LogP contribution is -2.37. The van der Waals surface area contributed by atoms with Crippen molar-refractivity contribution in [3.8, 4) is 0 Å². The molecule has 0 radical (unpaired) electrons. The zero-order valence-corrected chi connectivity index (χ0v) is 13.4. The third-order valence-corrected chi connectivity index (χ3v) is 3.85.